The highest BCUT2D eigenvalue weighted by Crippen LogP contribution is 2.44. The summed E-state index contributed by atoms with van der Waals surface area (Å²) >= 11 is 0. The molecule has 1 aliphatic heterocycles. The van der Waals surface area contributed by atoms with Crippen molar-refractivity contribution in [3.8, 4) is 11.5 Å². The quantitative estimate of drug-likeness (QED) is 0.542. The molecule has 2 rings (SSSR count). The molecule has 28 heavy (non-hydrogen) atoms. The molecule has 0 N–H and O–H groups in total. The first-order chi connectivity index (χ1) is 13.0. The third kappa shape index (κ3) is 6.36. The van der Waals surface area contributed by atoms with Gasteiger partial charge in [-0.15, -0.1) is 0 Å². The van der Waals surface area contributed by atoms with Crippen LogP contribution in [-0.4, -0.2) is 50.9 Å². The highest BCUT2D eigenvalue weighted by Gasteiger charge is 2.40. The number of sulfonamides is 1. The molecule has 0 saturated heterocycles. The smallest absolute Gasteiger partial charge is 0.211 e. The van der Waals surface area contributed by atoms with E-state index in [0.29, 0.717) is 45.1 Å². The van der Waals surface area contributed by atoms with Gasteiger partial charge in [0.05, 0.1) is 18.9 Å². The Morgan fingerprint density at radius 2 is 2.04 bits per heavy atom. The van der Waals surface area contributed by atoms with Crippen LogP contribution in [0.2, 0.25) is 0 Å². The molecule has 1 aliphatic rings. The summed E-state index contributed by atoms with van der Waals surface area (Å²) in [7, 11) is -3.40. The first kappa shape index (κ1) is 23.0. The van der Waals surface area contributed by atoms with Crippen molar-refractivity contribution in [3.05, 3.63) is 23.8 Å². The molecular formula is C21H35NO5S. The number of hydrogen-bond donors (Lipinski definition) is 0. The van der Waals surface area contributed by atoms with Crippen molar-refractivity contribution < 1.29 is 22.6 Å². The average Bonchev–Trinajstić information content (AvgIpc) is 2.57. The molecule has 1 aromatic rings. The van der Waals surface area contributed by atoms with Crippen molar-refractivity contribution in [2.75, 3.05) is 32.6 Å². The topological polar surface area (TPSA) is 65.1 Å². The minimum atomic E-state index is -3.40. The lowest BCUT2D eigenvalue weighted by atomic mass is 9.89. The van der Waals surface area contributed by atoms with Crippen LogP contribution in [0.3, 0.4) is 0 Å². The lowest BCUT2D eigenvalue weighted by Crippen LogP contribution is -2.44. The summed E-state index contributed by atoms with van der Waals surface area (Å²) in [5, 5.41) is 0. The molecule has 6 nitrogen and oxygen atoms in total. The molecule has 0 aliphatic carbocycles. The van der Waals surface area contributed by atoms with E-state index in [4.69, 9.17) is 14.2 Å². The minimum Gasteiger partial charge on any atom is -0.493 e. The Balaban J connectivity index is 2.36. The predicted molar refractivity (Wildman–Crippen MR) is 111 cm³/mol. The van der Waals surface area contributed by atoms with Crippen molar-refractivity contribution in [2.24, 2.45) is 5.92 Å². The monoisotopic (exact) mass is 413 g/mol. The highest BCUT2D eigenvalue weighted by molar-refractivity contribution is 7.88. The zero-order chi connectivity index (χ0) is 20.9. The fraction of sp³-hybridized carbons (Fsp3) is 0.714. The van der Waals surface area contributed by atoms with Gasteiger partial charge >= 0.3 is 0 Å². The Bertz CT molecular complexity index is 745. The maximum atomic E-state index is 12.6. The van der Waals surface area contributed by atoms with Crippen LogP contribution in [-0.2, 0) is 14.8 Å². The SMILES string of the molecule is CCOCCCN(C1CC(C)(C)Oc2ccc(OCC(C)C)cc21)S(C)(=O)=O. The van der Waals surface area contributed by atoms with E-state index in [1.54, 1.807) is 4.31 Å². The van der Waals surface area contributed by atoms with Crippen molar-refractivity contribution in [2.45, 2.75) is 59.1 Å². The molecule has 0 aromatic heterocycles. The van der Waals surface area contributed by atoms with Gasteiger partial charge in [-0.3, -0.25) is 0 Å². The van der Waals surface area contributed by atoms with Gasteiger partial charge in [0.25, 0.3) is 0 Å². The van der Waals surface area contributed by atoms with Gasteiger partial charge in [0.2, 0.25) is 10.0 Å². The highest BCUT2D eigenvalue weighted by atomic mass is 32.2. The van der Waals surface area contributed by atoms with Gasteiger partial charge in [0, 0.05) is 31.7 Å². The zero-order valence-electron chi connectivity index (χ0n) is 18.0. The minimum absolute atomic E-state index is 0.294. The summed E-state index contributed by atoms with van der Waals surface area (Å²) in [6.45, 7) is 12.3. The summed E-state index contributed by atoms with van der Waals surface area (Å²) in [5.41, 5.74) is 0.406. The molecule has 1 aromatic carbocycles. The molecule has 1 atom stereocenters. The van der Waals surface area contributed by atoms with E-state index < -0.39 is 15.6 Å². The van der Waals surface area contributed by atoms with Gasteiger partial charge < -0.3 is 14.2 Å². The standard InChI is InChI=1S/C21H35NO5S/c1-7-25-12-8-11-22(28(6,23)24)19-14-21(4,5)27-20-10-9-17(13-18(19)20)26-15-16(2)3/h9-10,13,16,19H,7-8,11-12,14-15H2,1-6H3. The Labute approximate surface area is 170 Å². The van der Waals surface area contributed by atoms with Gasteiger partial charge in [-0.25, -0.2) is 8.42 Å². The number of hydrogen-bond acceptors (Lipinski definition) is 5. The maximum Gasteiger partial charge on any atom is 0.211 e. The molecule has 1 heterocycles. The van der Waals surface area contributed by atoms with Gasteiger partial charge in [0.1, 0.15) is 17.1 Å². The molecular weight excluding hydrogens is 378 g/mol. The van der Waals surface area contributed by atoms with Gasteiger partial charge in [-0.05, 0) is 51.3 Å². The molecule has 7 heteroatoms. The molecule has 0 fully saturated rings. The third-order valence-electron chi connectivity index (χ3n) is 4.64. The van der Waals surface area contributed by atoms with E-state index in [1.807, 2.05) is 39.0 Å². The van der Waals surface area contributed by atoms with E-state index in [1.165, 1.54) is 6.26 Å². The molecule has 160 valence electrons. The van der Waals surface area contributed by atoms with E-state index in [-0.39, 0.29) is 6.04 Å². The first-order valence-corrected chi connectivity index (χ1v) is 11.9. The van der Waals surface area contributed by atoms with Crippen LogP contribution in [0.4, 0.5) is 0 Å². The van der Waals surface area contributed by atoms with Crippen molar-refractivity contribution in [3.63, 3.8) is 0 Å². The van der Waals surface area contributed by atoms with E-state index in [0.717, 1.165) is 17.1 Å². The average molecular weight is 414 g/mol. The summed E-state index contributed by atoms with van der Waals surface area (Å²) in [6, 6.07) is 5.41. The Morgan fingerprint density at radius 3 is 2.64 bits per heavy atom. The van der Waals surface area contributed by atoms with Gasteiger partial charge in [-0.2, -0.15) is 4.31 Å². The van der Waals surface area contributed by atoms with Crippen LogP contribution >= 0.6 is 0 Å². The zero-order valence-corrected chi connectivity index (χ0v) is 18.8. The lowest BCUT2D eigenvalue weighted by molar-refractivity contribution is 0.0481. The number of ether oxygens (including phenoxy) is 3. The second-order valence-electron chi connectivity index (χ2n) is 8.41. The molecule has 0 radical (unpaired) electrons. The second-order valence-corrected chi connectivity index (χ2v) is 10.3. The van der Waals surface area contributed by atoms with Gasteiger partial charge in [0.15, 0.2) is 0 Å². The van der Waals surface area contributed by atoms with E-state index in [2.05, 4.69) is 13.8 Å². The summed E-state index contributed by atoms with van der Waals surface area (Å²) in [4.78, 5) is 0. The van der Waals surface area contributed by atoms with Crippen molar-refractivity contribution in [1.29, 1.82) is 0 Å². The van der Waals surface area contributed by atoms with Crippen LogP contribution in [0.5, 0.6) is 11.5 Å². The van der Waals surface area contributed by atoms with Crippen LogP contribution in [0.1, 0.15) is 59.1 Å². The van der Waals surface area contributed by atoms with E-state index in [9.17, 15) is 8.42 Å². The molecule has 0 spiro atoms. The third-order valence-corrected chi connectivity index (χ3v) is 5.93. The normalized spacial score (nSPS) is 18.8. The number of nitrogens with zero attached hydrogens (tertiary/aromatic N) is 1. The van der Waals surface area contributed by atoms with Crippen LogP contribution in [0.15, 0.2) is 18.2 Å². The molecule has 0 saturated carbocycles. The number of rotatable bonds is 10. The predicted octanol–water partition coefficient (Wildman–Crippen LogP) is 4.01. The lowest BCUT2D eigenvalue weighted by Gasteiger charge is -2.41. The molecule has 0 bridgehead atoms. The Kier molecular flexibility index (Phi) is 7.76. The summed E-state index contributed by atoms with van der Waals surface area (Å²) in [6.07, 6.45) is 2.50. The summed E-state index contributed by atoms with van der Waals surface area (Å²) in [5.74, 6) is 1.87. The number of fused-ring (bicyclic) bond motifs is 1. The van der Waals surface area contributed by atoms with Crippen LogP contribution in [0.25, 0.3) is 0 Å². The maximum absolute atomic E-state index is 12.6. The fourth-order valence-electron chi connectivity index (χ4n) is 3.42. The van der Waals surface area contributed by atoms with Crippen LogP contribution < -0.4 is 9.47 Å². The molecule has 1 unspecified atom stereocenters. The fourth-order valence-corrected chi connectivity index (χ4v) is 4.54. The Hall–Kier alpha value is -1.31. The first-order valence-electron chi connectivity index (χ1n) is 10.0. The second kappa shape index (κ2) is 9.46. The van der Waals surface area contributed by atoms with E-state index >= 15 is 0 Å². The van der Waals surface area contributed by atoms with Crippen LogP contribution in [0, 0.1) is 5.92 Å². The van der Waals surface area contributed by atoms with Crippen molar-refractivity contribution in [1.82, 2.24) is 4.31 Å². The van der Waals surface area contributed by atoms with Crippen molar-refractivity contribution >= 4 is 10.0 Å². The molecule has 0 amide bonds. The van der Waals surface area contributed by atoms with Gasteiger partial charge in [-0.1, -0.05) is 13.8 Å². The largest absolute Gasteiger partial charge is 0.493 e. The summed E-state index contributed by atoms with van der Waals surface area (Å²) < 4.78 is 44.2. The Morgan fingerprint density at radius 1 is 1.32 bits per heavy atom. The number of benzene rings is 1.